The van der Waals surface area contributed by atoms with Gasteiger partial charge < -0.3 is 19.5 Å². The quantitative estimate of drug-likeness (QED) is 0.900. The minimum Gasteiger partial charge on any atom is -0.486 e. The molecule has 0 aliphatic carbocycles. The van der Waals surface area contributed by atoms with Crippen LogP contribution in [0.15, 0.2) is 48.5 Å². The predicted molar refractivity (Wildman–Crippen MR) is 102 cm³/mol. The molecule has 1 fully saturated rings. The topological polar surface area (TPSA) is 56.8 Å². The molecule has 2 aliphatic heterocycles. The van der Waals surface area contributed by atoms with Gasteiger partial charge in [0.15, 0.2) is 11.5 Å². The summed E-state index contributed by atoms with van der Waals surface area (Å²) < 4.78 is 17.8. The van der Waals surface area contributed by atoms with Gasteiger partial charge in [0, 0.05) is 13.0 Å². The average Bonchev–Trinajstić information content (AvgIpc) is 2.68. The van der Waals surface area contributed by atoms with Gasteiger partial charge in [-0.2, -0.15) is 0 Å². The number of carbonyl (C=O) groups is 1. The summed E-state index contributed by atoms with van der Waals surface area (Å²) in [4.78, 5) is 11.6. The molecule has 5 nitrogen and oxygen atoms in total. The molecule has 2 aliphatic rings. The lowest BCUT2D eigenvalue weighted by molar-refractivity contribution is -0.122. The van der Waals surface area contributed by atoms with Crippen LogP contribution in [0.3, 0.4) is 0 Å². The van der Waals surface area contributed by atoms with Crippen molar-refractivity contribution in [3.8, 4) is 11.5 Å². The second-order valence-corrected chi connectivity index (χ2v) is 7.21. The van der Waals surface area contributed by atoms with Gasteiger partial charge in [0.2, 0.25) is 5.91 Å². The predicted octanol–water partition coefficient (Wildman–Crippen LogP) is 3.43. The highest BCUT2D eigenvalue weighted by atomic mass is 16.6. The molecule has 3 atom stereocenters. The molecule has 5 heteroatoms. The Morgan fingerprint density at radius 2 is 1.81 bits per heavy atom. The maximum Gasteiger partial charge on any atom is 0.217 e. The first-order valence-electron chi connectivity index (χ1n) is 9.53. The summed E-state index contributed by atoms with van der Waals surface area (Å²) in [6.07, 6.45) is 2.37. The van der Waals surface area contributed by atoms with Crippen molar-refractivity contribution in [2.45, 2.75) is 44.4 Å². The van der Waals surface area contributed by atoms with E-state index >= 15 is 0 Å². The molecule has 2 aromatic carbocycles. The van der Waals surface area contributed by atoms with Crippen LogP contribution < -0.4 is 14.8 Å². The van der Waals surface area contributed by atoms with Gasteiger partial charge in [-0.25, -0.2) is 0 Å². The maximum absolute atomic E-state index is 11.6. The molecular formula is C22H25NO4. The SMILES string of the molecule is CC(=O)N[C@@H]1C[C@H](Cc2ccccc2)O[C@H](c2ccc3c(c2)OCCO3)C1. The van der Waals surface area contributed by atoms with Crippen molar-refractivity contribution in [2.24, 2.45) is 0 Å². The summed E-state index contributed by atoms with van der Waals surface area (Å²) >= 11 is 0. The highest BCUT2D eigenvalue weighted by Gasteiger charge is 2.31. The van der Waals surface area contributed by atoms with E-state index in [4.69, 9.17) is 14.2 Å². The van der Waals surface area contributed by atoms with Crippen molar-refractivity contribution in [3.05, 3.63) is 59.7 Å². The van der Waals surface area contributed by atoms with E-state index in [1.165, 1.54) is 5.56 Å². The van der Waals surface area contributed by atoms with Crippen LogP contribution in [-0.2, 0) is 16.0 Å². The van der Waals surface area contributed by atoms with Gasteiger partial charge in [-0.05, 0) is 42.5 Å². The largest absolute Gasteiger partial charge is 0.486 e. The first kappa shape index (κ1) is 17.9. The molecule has 1 amide bonds. The fraction of sp³-hybridized carbons (Fsp3) is 0.409. The molecule has 1 N–H and O–H groups in total. The van der Waals surface area contributed by atoms with Gasteiger partial charge in [0.25, 0.3) is 0 Å². The standard InChI is InChI=1S/C22H25NO4/c1-15(24)23-18-13-19(11-16-5-3-2-4-6-16)27-21(14-18)17-7-8-20-22(12-17)26-10-9-25-20/h2-8,12,18-19,21H,9-11,13-14H2,1H3,(H,23,24)/t18-,19+,21+/m1/s1. The number of benzene rings is 2. The number of rotatable bonds is 4. The maximum atomic E-state index is 11.6. The van der Waals surface area contributed by atoms with E-state index in [9.17, 15) is 4.79 Å². The zero-order chi connectivity index (χ0) is 18.6. The molecule has 1 saturated heterocycles. The molecule has 2 aromatic rings. The summed E-state index contributed by atoms with van der Waals surface area (Å²) in [7, 11) is 0. The lowest BCUT2D eigenvalue weighted by atomic mass is 9.91. The minimum atomic E-state index is -0.0832. The third kappa shape index (κ3) is 4.42. The van der Waals surface area contributed by atoms with Crippen LogP contribution in [-0.4, -0.2) is 31.3 Å². The van der Waals surface area contributed by atoms with Gasteiger partial charge >= 0.3 is 0 Å². The van der Waals surface area contributed by atoms with Crippen LogP contribution in [0.4, 0.5) is 0 Å². The van der Waals surface area contributed by atoms with Gasteiger partial charge in [-0.3, -0.25) is 4.79 Å². The second kappa shape index (κ2) is 8.01. The third-order valence-electron chi connectivity index (χ3n) is 5.05. The number of carbonyl (C=O) groups excluding carboxylic acids is 1. The van der Waals surface area contributed by atoms with Crippen molar-refractivity contribution >= 4 is 5.91 Å². The number of ether oxygens (including phenoxy) is 3. The van der Waals surface area contributed by atoms with Crippen molar-refractivity contribution in [3.63, 3.8) is 0 Å². The summed E-state index contributed by atoms with van der Waals surface area (Å²) in [6.45, 7) is 2.71. The van der Waals surface area contributed by atoms with Gasteiger partial charge in [0.05, 0.1) is 12.2 Å². The Balaban J connectivity index is 1.54. The molecule has 4 rings (SSSR count). The van der Waals surface area contributed by atoms with Crippen LogP contribution in [0.25, 0.3) is 0 Å². The normalized spacial score (nSPS) is 24.3. The third-order valence-corrected chi connectivity index (χ3v) is 5.05. The fourth-order valence-electron chi connectivity index (χ4n) is 3.90. The Bertz CT molecular complexity index is 792. The summed E-state index contributed by atoms with van der Waals surface area (Å²) in [5, 5.41) is 3.08. The Labute approximate surface area is 159 Å². The number of hydrogen-bond donors (Lipinski definition) is 1. The first-order valence-corrected chi connectivity index (χ1v) is 9.53. The van der Waals surface area contributed by atoms with E-state index < -0.39 is 0 Å². The van der Waals surface area contributed by atoms with Crippen molar-refractivity contribution < 1.29 is 19.0 Å². The van der Waals surface area contributed by atoms with E-state index in [2.05, 4.69) is 17.4 Å². The fourth-order valence-corrected chi connectivity index (χ4v) is 3.90. The van der Waals surface area contributed by atoms with E-state index in [1.54, 1.807) is 6.92 Å². The second-order valence-electron chi connectivity index (χ2n) is 7.21. The van der Waals surface area contributed by atoms with Crippen molar-refractivity contribution in [1.82, 2.24) is 5.32 Å². The molecule has 0 unspecified atom stereocenters. The van der Waals surface area contributed by atoms with Crippen LogP contribution in [0, 0.1) is 0 Å². The molecule has 0 spiro atoms. The number of hydrogen-bond acceptors (Lipinski definition) is 4. The monoisotopic (exact) mass is 367 g/mol. The minimum absolute atomic E-state index is 0.00119. The smallest absolute Gasteiger partial charge is 0.217 e. The average molecular weight is 367 g/mol. The Morgan fingerprint density at radius 1 is 1.04 bits per heavy atom. The molecular weight excluding hydrogens is 342 g/mol. The van der Waals surface area contributed by atoms with Crippen LogP contribution >= 0.6 is 0 Å². The van der Waals surface area contributed by atoms with Gasteiger partial charge in [-0.1, -0.05) is 36.4 Å². The molecule has 0 aromatic heterocycles. The zero-order valence-corrected chi connectivity index (χ0v) is 15.5. The Hall–Kier alpha value is -2.53. The molecule has 0 saturated carbocycles. The number of fused-ring (bicyclic) bond motifs is 1. The lowest BCUT2D eigenvalue weighted by Crippen LogP contribution is -2.42. The molecule has 27 heavy (non-hydrogen) atoms. The molecule has 2 heterocycles. The van der Waals surface area contributed by atoms with Gasteiger partial charge in [0.1, 0.15) is 13.2 Å². The highest BCUT2D eigenvalue weighted by molar-refractivity contribution is 5.73. The molecule has 142 valence electrons. The Kier molecular flexibility index (Phi) is 5.30. The van der Waals surface area contributed by atoms with E-state index in [0.717, 1.165) is 36.3 Å². The molecule has 0 radical (unpaired) electrons. The van der Waals surface area contributed by atoms with Crippen LogP contribution in [0.1, 0.15) is 37.0 Å². The van der Waals surface area contributed by atoms with E-state index in [-0.39, 0.29) is 24.2 Å². The van der Waals surface area contributed by atoms with E-state index in [1.807, 2.05) is 36.4 Å². The summed E-state index contributed by atoms with van der Waals surface area (Å²) in [5.74, 6) is 1.55. The molecule has 0 bridgehead atoms. The summed E-state index contributed by atoms with van der Waals surface area (Å²) in [6, 6.07) is 16.4. The lowest BCUT2D eigenvalue weighted by Gasteiger charge is -2.36. The summed E-state index contributed by atoms with van der Waals surface area (Å²) in [5.41, 5.74) is 2.30. The van der Waals surface area contributed by atoms with Gasteiger partial charge in [-0.15, -0.1) is 0 Å². The first-order chi connectivity index (χ1) is 13.2. The zero-order valence-electron chi connectivity index (χ0n) is 15.5. The van der Waals surface area contributed by atoms with Crippen molar-refractivity contribution in [2.75, 3.05) is 13.2 Å². The Morgan fingerprint density at radius 3 is 2.59 bits per heavy atom. The van der Waals surface area contributed by atoms with Crippen LogP contribution in [0.5, 0.6) is 11.5 Å². The number of amides is 1. The van der Waals surface area contributed by atoms with E-state index in [0.29, 0.717) is 13.2 Å². The highest BCUT2D eigenvalue weighted by Crippen LogP contribution is 2.38. The van der Waals surface area contributed by atoms with Crippen molar-refractivity contribution in [1.29, 1.82) is 0 Å². The van der Waals surface area contributed by atoms with Crippen LogP contribution in [0.2, 0.25) is 0 Å². The number of nitrogens with one attached hydrogen (secondary N) is 1.